The number of hydrogen-bond acceptors (Lipinski definition) is 4. The second-order valence-corrected chi connectivity index (χ2v) is 6.30. The van der Waals surface area contributed by atoms with Crippen LogP contribution in [0.2, 0.25) is 10.0 Å². The van der Waals surface area contributed by atoms with Crippen molar-refractivity contribution in [1.82, 2.24) is 5.32 Å². The predicted octanol–water partition coefficient (Wildman–Crippen LogP) is 2.48. The Kier molecular flexibility index (Phi) is 6.58. The summed E-state index contributed by atoms with van der Waals surface area (Å²) in [5.74, 6) is 0.801. The van der Waals surface area contributed by atoms with Gasteiger partial charge in [-0.2, -0.15) is 0 Å². The van der Waals surface area contributed by atoms with Crippen LogP contribution in [0.5, 0.6) is 5.75 Å². The molecule has 1 aromatic carbocycles. The summed E-state index contributed by atoms with van der Waals surface area (Å²) in [7, 11) is 0. The lowest BCUT2D eigenvalue weighted by atomic mass is 10.1. The molecule has 4 nitrogen and oxygen atoms in total. The minimum absolute atomic E-state index is 0.154. The van der Waals surface area contributed by atoms with Crippen LogP contribution in [0.15, 0.2) is 18.2 Å². The Hall–Kier alpha value is -0.520. The molecule has 0 aliphatic heterocycles. The Morgan fingerprint density at radius 3 is 2.81 bits per heavy atom. The van der Waals surface area contributed by atoms with Crippen LogP contribution in [0.1, 0.15) is 19.3 Å². The van der Waals surface area contributed by atoms with Gasteiger partial charge in [0, 0.05) is 18.1 Å². The maximum atomic E-state index is 9.88. The van der Waals surface area contributed by atoms with Crippen molar-refractivity contribution in [2.75, 3.05) is 19.7 Å². The molecule has 1 aromatic rings. The zero-order chi connectivity index (χ0) is 15.2. The number of rotatable bonds is 7. The van der Waals surface area contributed by atoms with E-state index in [1.807, 2.05) is 0 Å². The van der Waals surface area contributed by atoms with E-state index in [2.05, 4.69) is 5.32 Å². The molecule has 0 bridgehead atoms. The Labute approximate surface area is 135 Å². The number of hydrogen-bond donors (Lipinski definition) is 3. The zero-order valence-electron chi connectivity index (χ0n) is 11.8. The number of nitrogens with one attached hydrogen (secondary N) is 1. The van der Waals surface area contributed by atoms with Gasteiger partial charge in [0.05, 0.1) is 11.1 Å². The highest BCUT2D eigenvalue weighted by Crippen LogP contribution is 2.27. The molecular formula is C15H21Cl2NO3. The molecule has 2 rings (SSSR count). The lowest BCUT2D eigenvalue weighted by molar-refractivity contribution is 0.0981. The van der Waals surface area contributed by atoms with Gasteiger partial charge >= 0.3 is 0 Å². The van der Waals surface area contributed by atoms with Crippen LogP contribution in [0, 0.1) is 5.92 Å². The molecule has 1 aliphatic carbocycles. The maximum absolute atomic E-state index is 9.88. The number of benzene rings is 1. The lowest BCUT2D eigenvalue weighted by Gasteiger charge is -2.18. The van der Waals surface area contributed by atoms with Gasteiger partial charge in [0.25, 0.3) is 0 Å². The summed E-state index contributed by atoms with van der Waals surface area (Å²) in [5, 5.41) is 23.7. The van der Waals surface area contributed by atoms with Crippen LogP contribution >= 0.6 is 23.2 Å². The number of aliphatic hydroxyl groups excluding tert-OH is 2. The highest BCUT2D eigenvalue weighted by atomic mass is 35.5. The van der Waals surface area contributed by atoms with Gasteiger partial charge in [0.1, 0.15) is 18.5 Å². The molecule has 0 amide bonds. The number of ether oxygens (including phenoxy) is 1. The number of halogens is 2. The second kappa shape index (κ2) is 8.20. The average Bonchev–Trinajstić information content (AvgIpc) is 2.83. The number of aliphatic hydroxyl groups is 2. The van der Waals surface area contributed by atoms with Crippen molar-refractivity contribution < 1.29 is 14.9 Å². The molecule has 21 heavy (non-hydrogen) atoms. The van der Waals surface area contributed by atoms with E-state index in [-0.39, 0.29) is 12.7 Å². The van der Waals surface area contributed by atoms with Gasteiger partial charge in [0.15, 0.2) is 0 Å². The summed E-state index contributed by atoms with van der Waals surface area (Å²) in [4.78, 5) is 0. The van der Waals surface area contributed by atoms with Crippen LogP contribution in [0.3, 0.4) is 0 Å². The molecule has 1 saturated carbocycles. The average molecular weight is 334 g/mol. The first-order valence-corrected chi connectivity index (χ1v) is 7.96. The first kappa shape index (κ1) is 16.8. The molecule has 1 aliphatic rings. The molecule has 0 spiro atoms. The van der Waals surface area contributed by atoms with E-state index in [1.54, 1.807) is 18.2 Å². The fraction of sp³-hybridized carbons (Fsp3) is 0.600. The minimum Gasteiger partial charge on any atom is -0.489 e. The summed E-state index contributed by atoms with van der Waals surface area (Å²) in [6.45, 7) is 1.30. The molecule has 3 atom stereocenters. The molecule has 0 saturated heterocycles. The van der Waals surface area contributed by atoms with Crippen molar-refractivity contribution >= 4 is 23.2 Å². The van der Waals surface area contributed by atoms with E-state index in [0.717, 1.165) is 25.8 Å². The molecule has 1 fully saturated rings. The lowest BCUT2D eigenvalue weighted by Crippen LogP contribution is -2.36. The first-order chi connectivity index (χ1) is 10.1. The van der Waals surface area contributed by atoms with Gasteiger partial charge < -0.3 is 20.3 Å². The zero-order valence-corrected chi connectivity index (χ0v) is 13.3. The van der Waals surface area contributed by atoms with Gasteiger partial charge in [-0.05, 0) is 37.0 Å². The standard InChI is InChI=1S/C15H21Cl2NO3/c16-11-4-5-15(13(17)6-11)21-9-12(19)8-18-7-10-2-1-3-14(10)20/h4-6,10,12,14,18-20H,1-3,7-9H2. The molecule has 0 heterocycles. The van der Waals surface area contributed by atoms with E-state index < -0.39 is 6.10 Å². The van der Waals surface area contributed by atoms with Crippen molar-refractivity contribution in [3.05, 3.63) is 28.2 Å². The summed E-state index contributed by atoms with van der Waals surface area (Å²) < 4.78 is 5.47. The molecular weight excluding hydrogens is 313 g/mol. The van der Waals surface area contributed by atoms with Gasteiger partial charge in [-0.1, -0.05) is 29.6 Å². The minimum atomic E-state index is -0.629. The van der Waals surface area contributed by atoms with Crippen LogP contribution in [0.4, 0.5) is 0 Å². The summed E-state index contributed by atoms with van der Waals surface area (Å²) in [6, 6.07) is 4.97. The van der Waals surface area contributed by atoms with E-state index >= 15 is 0 Å². The van der Waals surface area contributed by atoms with Crippen LogP contribution in [-0.4, -0.2) is 42.1 Å². The summed E-state index contributed by atoms with van der Waals surface area (Å²) in [6.07, 6.45) is 2.16. The van der Waals surface area contributed by atoms with E-state index in [9.17, 15) is 10.2 Å². The quantitative estimate of drug-likeness (QED) is 0.717. The fourth-order valence-corrected chi connectivity index (χ4v) is 2.99. The maximum Gasteiger partial charge on any atom is 0.138 e. The Balaban J connectivity index is 1.66. The second-order valence-electron chi connectivity index (χ2n) is 5.46. The van der Waals surface area contributed by atoms with Crippen LogP contribution < -0.4 is 10.1 Å². The highest BCUT2D eigenvalue weighted by Gasteiger charge is 2.24. The third-order valence-corrected chi connectivity index (χ3v) is 4.26. The van der Waals surface area contributed by atoms with Crippen molar-refractivity contribution in [1.29, 1.82) is 0 Å². The normalized spacial score (nSPS) is 23.2. The topological polar surface area (TPSA) is 61.7 Å². The Morgan fingerprint density at radius 2 is 2.14 bits per heavy atom. The largest absolute Gasteiger partial charge is 0.489 e. The highest BCUT2D eigenvalue weighted by molar-refractivity contribution is 6.35. The van der Waals surface area contributed by atoms with Crippen molar-refractivity contribution in [2.45, 2.75) is 31.5 Å². The van der Waals surface area contributed by atoms with Gasteiger partial charge in [-0.25, -0.2) is 0 Å². The first-order valence-electron chi connectivity index (χ1n) is 7.21. The van der Waals surface area contributed by atoms with Gasteiger partial charge in [-0.15, -0.1) is 0 Å². The molecule has 6 heteroatoms. The van der Waals surface area contributed by atoms with Crippen LogP contribution in [0.25, 0.3) is 0 Å². The Bertz CT molecular complexity index is 459. The van der Waals surface area contributed by atoms with E-state index in [1.165, 1.54) is 0 Å². The van der Waals surface area contributed by atoms with E-state index in [0.29, 0.717) is 28.3 Å². The SMILES string of the molecule is OC(CNCC1CCCC1O)COc1ccc(Cl)cc1Cl. The smallest absolute Gasteiger partial charge is 0.138 e. The summed E-state index contributed by atoms with van der Waals surface area (Å²) in [5.41, 5.74) is 0. The van der Waals surface area contributed by atoms with Crippen LogP contribution in [-0.2, 0) is 0 Å². The summed E-state index contributed by atoms with van der Waals surface area (Å²) >= 11 is 11.8. The molecule has 3 N–H and O–H groups in total. The fourth-order valence-electron chi connectivity index (χ4n) is 2.53. The van der Waals surface area contributed by atoms with Crippen molar-refractivity contribution in [3.8, 4) is 5.75 Å². The van der Waals surface area contributed by atoms with Crippen molar-refractivity contribution in [2.24, 2.45) is 5.92 Å². The molecule has 0 aromatic heterocycles. The third-order valence-electron chi connectivity index (χ3n) is 3.73. The van der Waals surface area contributed by atoms with Crippen molar-refractivity contribution in [3.63, 3.8) is 0 Å². The molecule has 3 unspecified atom stereocenters. The van der Waals surface area contributed by atoms with E-state index in [4.69, 9.17) is 27.9 Å². The third kappa shape index (κ3) is 5.31. The Morgan fingerprint density at radius 1 is 1.33 bits per heavy atom. The monoisotopic (exact) mass is 333 g/mol. The van der Waals surface area contributed by atoms with Gasteiger partial charge in [0.2, 0.25) is 0 Å². The molecule has 118 valence electrons. The van der Waals surface area contributed by atoms with Gasteiger partial charge in [-0.3, -0.25) is 0 Å². The molecule has 0 radical (unpaired) electrons. The predicted molar refractivity (Wildman–Crippen MR) is 84.2 cm³/mol.